The zero-order valence-electron chi connectivity index (χ0n) is 12.2. The van der Waals surface area contributed by atoms with E-state index in [0.717, 1.165) is 30.5 Å². The molecule has 1 atom stereocenters. The first kappa shape index (κ1) is 13.7. The second-order valence-corrected chi connectivity index (χ2v) is 5.71. The molecule has 108 valence electrons. The predicted octanol–water partition coefficient (Wildman–Crippen LogP) is 3.64. The van der Waals surface area contributed by atoms with E-state index < -0.39 is 0 Å². The van der Waals surface area contributed by atoms with Gasteiger partial charge < -0.3 is 11.1 Å². The molecule has 3 rings (SSSR count). The second-order valence-electron chi connectivity index (χ2n) is 5.71. The van der Waals surface area contributed by atoms with Crippen molar-refractivity contribution in [1.82, 2.24) is 0 Å². The summed E-state index contributed by atoms with van der Waals surface area (Å²) in [5.41, 5.74) is 10.8. The largest absolute Gasteiger partial charge is 0.399 e. The van der Waals surface area contributed by atoms with E-state index >= 15 is 0 Å². The van der Waals surface area contributed by atoms with Gasteiger partial charge >= 0.3 is 0 Å². The van der Waals surface area contributed by atoms with Gasteiger partial charge in [-0.15, -0.1) is 0 Å². The number of aryl methyl sites for hydroxylation is 2. The van der Waals surface area contributed by atoms with E-state index in [4.69, 9.17) is 5.73 Å². The van der Waals surface area contributed by atoms with Crippen LogP contribution in [-0.4, -0.2) is 5.91 Å². The van der Waals surface area contributed by atoms with Crippen molar-refractivity contribution in [3.8, 4) is 0 Å². The lowest BCUT2D eigenvalue weighted by Gasteiger charge is -2.25. The van der Waals surface area contributed by atoms with Gasteiger partial charge in [0.25, 0.3) is 0 Å². The quantitative estimate of drug-likeness (QED) is 0.825. The van der Waals surface area contributed by atoms with Crippen molar-refractivity contribution < 1.29 is 4.79 Å². The summed E-state index contributed by atoms with van der Waals surface area (Å²) in [5, 5.41) is 3.05. The summed E-state index contributed by atoms with van der Waals surface area (Å²) in [4.78, 5) is 12.6. The highest BCUT2D eigenvalue weighted by atomic mass is 16.1. The molecule has 0 aliphatic heterocycles. The number of nitrogens with one attached hydrogen (secondary N) is 1. The summed E-state index contributed by atoms with van der Waals surface area (Å²) in [6, 6.07) is 13.8. The summed E-state index contributed by atoms with van der Waals surface area (Å²) in [5.74, 6) is 0.0296. The van der Waals surface area contributed by atoms with Crippen molar-refractivity contribution in [2.24, 2.45) is 0 Å². The molecule has 0 saturated carbocycles. The molecule has 0 fully saturated rings. The normalized spacial score (nSPS) is 17.1. The first-order valence-electron chi connectivity index (χ1n) is 7.40. The van der Waals surface area contributed by atoms with E-state index in [1.54, 1.807) is 0 Å². The summed E-state index contributed by atoms with van der Waals surface area (Å²) >= 11 is 0. The Bertz CT molecular complexity index is 679. The van der Waals surface area contributed by atoms with Crippen molar-refractivity contribution in [2.45, 2.75) is 32.1 Å². The monoisotopic (exact) mass is 280 g/mol. The molecule has 1 aliphatic carbocycles. The molecule has 3 heteroatoms. The molecular weight excluding hydrogens is 260 g/mol. The molecule has 1 unspecified atom stereocenters. The lowest BCUT2D eigenvalue weighted by molar-refractivity contribution is -0.117. The second kappa shape index (κ2) is 5.60. The van der Waals surface area contributed by atoms with Crippen molar-refractivity contribution in [3.63, 3.8) is 0 Å². The maximum absolute atomic E-state index is 12.6. The minimum atomic E-state index is -0.0492. The Morgan fingerprint density at radius 2 is 2.05 bits per heavy atom. The third-order valence-corrected chi connectivity index (χ3v) is 4.19. The maximum atomic E-state index is 12.6. The van der Waals surface area contributed by atoms with Gasteiger partial charge in [-0.05, 0) is 61.1 Å². The molecule has 3 nitrogen and oxygen atoms in total. The fraction of sp³-hybridized carbons (Fsp3) is 0.278. The highest BCUT2D eigenvalue weighted by Gasteiger charge is 2.26. The van der Waals surface area contributed by atoms with Crippen LogP contribution in [0.25, 0.3) is 0 Å². The summed E-state index contributed by atoms with van der Waals surface area (Å²) < 4.78 is 0. The molecule has 2 aromatic rings. The first-order chi connectivity index (χ1) is 10.1. The maximum Gasteiger partial charge on any atom is 0.231 e. The lowest BCUT2D eigenvalue weighted by atomic mass is 9.82. The number of fused-ring (bicyclic) bond motifs is 1. The molecule has 1 aliphatic rings. The van der Waals surface area contributed by atoms with Gasteiger partial charge in [0.1, 0.15) is 0 Å². The Morgan fingerprint density at radius 1 is 1.24 bits per heavy atom. The third-order valence-electron chi connectivity index (χ3n) is 4.19. The van der Waals surface area contributed by atoms with E-state index in [9.17, 15) is 4.79 Å². The van der Waals surface area contributed by atoms with Crippen LogP contribution in [0.3, 0.4) is 0 Å². The number of hydrogen-bond donors (Lipinski definition) is 2. The smallest absolute Gasteiger partial charge is 0.231 e. The number of benzene rings is 2. The Morgan fingerprint density at radius 3 is 2.86 bits per heavy atom. The van der Waals surface area contributed by atoms with E-state index in [1.807, 2.05) is 37.3 Å². The molecule has 0 bridgehead atoms. The number of rotatable bonds is 2. The first-order valence-corrected chi connectivity index (χ1v) is 7.40. The highest BCUT2D eigenvalue weighted by Crippen LogP contribution is 2.32. The van der Waals surface area contributed by atoms with Crippen LogP contribution in [-0.2, 0) is 11.2 Å². The molecular formula is C18H20N2O. The predicted molar refractivity (Wildman–Crippen MR) is 86.3 cm³/mol. The number of hydrogen-bond acceptors (Lipinski definition) is 2. The average molecular weight is 280 g/mol. The Kier molecular flexibility index (Phi) is 3.65. The van der Waals surface area contributed by atoms with Crippen LogP contribution < -0.4 is 11.1 Å². The molecule has 3 N–H and O–H groups in total. The number of anilines is 2. The van der Waals surface area contributed by atoms with Gasteiger partial charge in [0, 0.05) is 11.4 Å². The van der Waals surface area contributed by atoms with Gasteiger partial charge in [-0.25, -0.2) is 0 Å². The summed E-state index contributed by atoms with van der Waals surface area (Å²) in [7, 11) is 0. The van der Waals surface area contributed by atoms with Gasteiger partial charge in [-0.3, -0.25) is 4.79 Å². The molecule has 0 heterocycles. The summed E-state index contributed by atoms with van der Waals surface area (Å²) in [6.07, 6.45) is 3.05. The number of nitrogens with two attached hydrogens (primary N) is 1. The SMILES string of the molecule is Cc1cc(N)ccc1NC(=O)C1CCCc2ccccc21. The molecule has 0 aromatic heterocycles. The van der Waals surface area contributed by atoms with Crippen LogP contribution in [0, 0.1) is 6.92 Å². The topological polar surface area (TPSA) is 55.1 Å². The average Bonchev–Trinajstić information content (AvgIpc) is 2.49. The molecule has 2 aromatic carbocycles. The highest BCUT2D eigenvalue weighted by molar-refractivity contribution is 5.97. The van der Waals surface area contributed by atoms with Gasteiger partial charge in [-0.2, -0.15) is 0 Å². The number of amides is 1. The van der Waals surface area contributed by atoms with Crippen LogP contribution in [0.5, 0.6) is 0 Å². The van der Waals surface area contributed by atoms with Gasteiger partial charge in [0.2, 0.25) is 5.91 Å². The molecule has 0 spiro atoms. The Balaban J connectivity index is 1.83. The van der Waals surface area contributed by atoms with Crippen molar-refractivity contribution >= 4 is 17.3 Å². The minimum absolute atomic E-state index is 0.0492. The van der Waals surface area contributed by atoms with Crippen LogP contribution in [0.1, 0.15) is 35.4 Å². The van der Waals surface area contributed by atoms with E-state index in [2.05, 4.69) is 17.4 Å². The third kappa shape index (κ3) is 2.77. The van der Waals surface area contributed by atoms with Gasteiger partial charge in [-0.1, -0.05) is 24.3 Å². The number of nitrogen functional groups attached to an aromatic ring is 1. The Labute approximate surface area is 125 Å². The van der Waals surface area contributed by atoms with Crippen molar-refractivity contribution in [3.05, 3.63) is 59.2 Å². The fourth-order valence-corrected chi connectivity index (χ4v) is 3.07. The number of carbonyl (C=O) groups is 1. The standard InChI is InChI=1S/C18H20N2O/c1-12-11-14(19)9-10-17(12)20-18(21)16-8-4-6-13-5-2-3-7-15(13)16/h2-3,5,7,9-11,16H,4,6,8,19H2,1H3,(H,20,21). The van der Waals surface area contributed by atoms with Gasteiger partial charge in [0.05, 0.1) is 5.92 Å². The van der Waals surface area contributed by atoms with Crippen LogP contribution in [0.2, 0.25) is 0 Å². The number of carbonyl (C=O) groups excluding carboxylic acids is 1. The zero-order valence-corrected chi connectivity index (χ0v) is 12.2. The van der Waals surface area contributed by atoms with Crippen molar-refractivity contribution in [1.29, 1.82) is 0 Å². The van der Waals surface area contributed by atoms with Crippen LogP contribution in [0.15, 0.2) is 42.5 Å². The summed E-state index contributed by atoms with van der Waals surface area (Å²) in [6.45, 7) is 1.96. The van der Waals surface area contributed by atoms with E-state index in [-0.39, 0.29) is 11.8 Å². The molecule has 21 heavy (non-hydrogen) atoms. The molecule has 0 radical (unpaired) electrons. The Hall–Kier alpha value is -2.29. The lowest BCUT2D eigenvalue weighted by Crippen LogP contribution is -2.25. The van der Waals surface area contributed by atoms with Gasteiger partial charge in [0.15, 0.2) is 0 Å². The van der Waals surface area contributed by atoms with E-state index in [0.29, 0.717) is 5.69 Å². The molecule has 0 saturated heterocycles. The van der Waals surface area contributed by atoms with E-state index in [1.165, 1.54) is 11.1 Å². The van der Waals surface area contributed by atoms with Crippen LogP contribution in [0.4, 0.5) is 11.4 Å². The van der Waals surface area contributed by atoms with Crippen LogP contribution >= 0.6 is 0 Å². The zero-order chi connectivity index (χ0) is 14.8. The van der Waals surface area contributed by atoms with Crippen molar-refractivity contribution in [2.75, 3.05) is 11.1 Å². The molecule has 1 amide bonds. The fourth-order valence-electron chi connectivity index (χ4n) is 3.07. The minimum Gasteiger partial charge on any atom is -0.399 e.